The molecule has 0 amide bonds. The van der Waals surface area contributed by atoms with Gasteiger partial charge in [0.1, 0.15) is 22.6 Å². The molecule has 0 saturated carbocycles. The van der Waals surface area contributed by atoms with Crippen LogP contribution in [-0.2, 0) is 0 Å². The summed E-state index contributed by atoms with van der Waals surface area (Å²) in [6, 6.07) is 13.0. The zero-order chi connectivity index (χ0) is 19.4. The summed E-state index contributed by atoms with van der Waals surface area (Å²) >= 11 is 1.24. The third kappa shape index (κ3) is 4.43. The first-order valence-corrected chi connectivity index (χ1v) is 8.96. The number of methoxy groups -OCH3 is 1. The highest BCUT2D eigenvalue weighted by molar-refractivity contribution is 7.99. The molecule has 1 aromatic heterocycles. The average molecular weight is 388 g/mol. The Labute approximate surface area is 159 Å². The number of halogens is 1. The van der Waals surface area contributed by atoms with Gasteiger partial charge in [-0.05, 0) is 48.9 Å². The number of thioether (sulfide) groups is 1. The maximum atomic E-state index is 13.2. The average Bonchev–Trinajstić information content (AvgIpc) is 3.02. The van der Waals surface area contributed by atoms with Crippen LogP contribution in [0.4, 0.5) is 4.39 Å². The molecule has 1 heterocycles. The highest BCUT2D eigenvalue weighted by Crippen LogP contribution is 2.36. The van der Waals surface area contributed by atoms with Crippen molar-refractivity contribution in [2.45, 2.75) is 17.3 Å². The van der Waals surface area contributed by atoms with Crippen LogP contribution in [0.2, 0.25) is 0 Å². The van der Waals surface area contributed by atoms with Crippen LogP contribution < -0.4 is 4.74 Å². The number of rotatable bonds is 7. The van der Waals surface area contributed by atoms with E-state index in [0.717, 1.165) is 5.56 Å². The van der Waals surface area contributed by atoms with E-state index in [1.54, 1.807) is 55.0 Å². The number of hydrogen-bond donors (Lipinski definition) is 0. The fraction of sp³-hybridized carbons (Fsp3) is 0.222. The van der Waals surface area contributed by atoms with Crippen molar-refractivity contribution in [3.05, 3.63) is 75.9 Å². The molecule has 140 valence electrons. The third-order valence-electron chi connectivity index (χ3n) is 3.93. The van der Waals surface area contributed by atoms with E-state index in [1.165, 1.54) is 23.9 Å². The van der Waals surface area contributed by atoms with Gasteiger partial charge in [0.2, 0.25) is 6.54 Å². The van der Waals surface area contributed by atoms with E-state index in [4.69, 9.17) is 4.74 Å². The molecule has 0 bridgehead atoms. The molecule has 2 aromatic carbocycles. The molecule has 27 heavy (non-hydrogen) atoms. The Balaban J connectivity index is 1.94. The molecule has 0 saturated heterocycles. The number of aryl methyl sites for hydroxylation is 1. The monoisotopic (exact) mass is 388 g/mol. The van der Waals surface area contributed by atoms with Gasteiger partial charge in [-0.15, -0.1) is 10.2 Å². The first-order chi connectivity index (χ1) is 13.0. The van der Waals surface area contributed by atoms with Crippen molar-refractivity contribution in [1.29, 1.82) is 0 Å². The molecule has 0 spiro atoms. The smallest absolute Gasteiger partial charge is 0.220 e. The van der Waals surface area contributed by atoms with Gasteiger partial charge in [-0.2, -0.15) is 0 Å². The second-order valence-corrected chi connectivity index (χ2v) is 6.91. The summed E-state index contributed by atoms with van der Waals surface area (Å²) in [5.41, 5.74) is 1.47. The fourth-order valence-electron chi connectivity index (χ4n) is 2.60. The Hall–Kier alpha value is -2.94. The quantitative estimate of drug-likeness (QED) is 0.347. The predicted molar refractivity (Wildman–Crippen MR) is 99.5 cm³/mol. The van der Waals surface area contributed by atoms with Crippen molar-refractivity contribution in [1.82, 2.24) is 14.8 Å². The Kier molecular flexibility index (Phi) is 5.70. The molecule has 0 radical (unpaired) electrons. The maximum Gasteiger partial charge on any atom is 0.220 e. The normalized spacial score (nSPS) is 12.0. The topological polar surface area (TPSA) is 83.1 Å². The summed E-state index contributed by atoms with van der Waals surface area (Å²) in [6.07, 6.45) is 0. The van der Waals surface area contributed by atoms with Crippen molar-refractivity contribution in [2.75, 3.05) is 13.7 Å². The molecule has 0 N–H and O–H groups in total. The Morgan fingerprint density at radius 1 is 1.19 bits per heavy atom. The zero-order valence-corrected chi connectivity index (χ0v) is 15.5. The highest BCUT2D eigenvalue weighted by atomic mass is 32.2. The molecular formula is C18H17FN4O3S. The van der Waals surface area contributed by atoms with Gasteiger partial charge in [-0.1, -0.05) is 23.9 Å². The lowest BCUT2D eigenvalue weighted by Crippen LogP contribution is -2.11. The molecule has 0 aliphatic rings. The van der Waals surface area contributed by atoms with Gasteiger partial charge in [-0.25, -0.2) is 4.39 Å². The van der Waals surface area contributed by atoms with Crippen molar-refractivity contribution in [2.24, 2.45) is 0 Å². The van der Waals surface area contributed by atoms with E-state index in [2.05, 4.69) is 10.2 Å². The summed E-state index contributed by atoms with van der Waals surface area (Å²) in [7, 11) is 1.56. The third-order valence-corrected chi connectivity index (χ3v) is 5.11. The van der Waals surface area contributed by atoms with Crippen molar-refractivity contribution >= 4 is 11.8 Å². The minimum atomic E-state index is -0.464. The van der Waals surface area contributed by atoms with E-state index in [1.807, 2.05) is 0 Å². The van der Waals surface area contributed by atoms with Crippen LogP contribution in [0.1, 0.15) is 16.6 Å². The maximum absolute atomic E-state index is 13.2. The lowest BCUT2D eigenvalue weighted by molar-refractivity contribution is -0.479. The lowest BCUT2D eigenvalue weighted by atomic mass is 10.1. The molecule has 0 aliphatic carbocycles. The summed E-state index contributed by atoms with van der Waals surface area (Å²) in [5.74, 6) is 0.941. The SMILES string of the molecule is COc1ccc([C@H](C[N+](=O)[O-])Sc2nnc(C)n2-c2ccc(F)cc2)cc1. The molecule has 7 nitrogen and oxygen atoms in total. The molecule has 9 heteroatoms. The second kappa shape index (κ2) is 8.17. The van der Waals surface area contributed by atoms with Crippen molar-refractivity contribution < 1.29 is 14.1 Å². The minimum absolute atomic E-state index is 0.272. The number of nitro groups is 1. The number of ether oxygens (including phenoxy) is 1. The molecular weight excluding hydrogens is 371 g/mol. The fourth-order valence-corrected chi connectivity index (χ4v) is 3.77. The van der Waals surface area contributed by atoms with Crippen molar-refractivity contribution in [3.63, 3.8) is 0 Å². The second-order valence-electron chi connectivity index (χ2n) is 5.74. The summed E-state index contributed by atoms with van der Waals surface area (Å²) in [4.78, 5) is 10.8. The van der Waals surface area contributed by atoms with Crippen LogP contribution in [0.15, 0.2) is 53.7 Å². The van der Waals surface area contributed by atoms with Crippen LogP contribution in [0.5, 0.6) is 5.75 Å². The molecule has 1 atom stereocenters. The molecule has 3 rings (SSSR count). The first kappa shape index (κ1) is 18.8. The summed E-state index contributed by atoms with van der Waals surface area (Å²) in [6.45, 7) is 1.50. The summed E-state index contributed by atoms with van der Waals surface area (Å²) in [5, 5.41) is 19.4. The van der Waals surface area contributed by atoms with Crippen LogP contribution in [0.25, 0.3) is 5.69 Å². The van der Waals surface area contributed by atoms with E-state index in [9.17, 15) is 14.5 Å². The van der Waals surface area contributed by atoms with Gasteiger partial charge in [0, 0.05) is 10.6 Å². The van der Waals surface area contributed by atoms with Gasteiger partial charge >= 0.3 is 0 Å². The van der Waals surface area contributed by atoms with Crippen LogP contribution in [0.3, 0.4) is 0 Å². The van der Waals surface area contributed by atoms with Gasteiger partial charge in [0.25, 0.3) is 0 Å². The number of benzene rings is 2. The minimum Gasteiger partial charge on any atom is -0.497 e. The lowest BCUT2D eigenvalue weighted by Gasteiger charge is -2.14. The molecule has 0 fully saturated rings. The predicted octanol–water partition coefficient (Wildman–Crippen LogP) is 3.83. The van der Waals surface area contributed by atoms with Crippen LogP contribution in [0, 0.1) is 22.9 Å². The number of nitrogens with zero attached hydrogens (tertiary/aromatic N) is 4. The first-order valence-electron chi connectivity index (χ1n) is 8.08. The summed E-state index contributed by atoms with van der Waals surface area (Å²) < 4.78 is 20.1. The van der Waals surface area contributed by atoms with Crippen LogP contribution >= 0.6 is 11.8 Å². The zero-order valence-electron chi connectivity index (χ0n) is 14.7. The van der Waals surface area contributed by atoms with E-state index in [-0.39, 0.29) is 17.3 Å². The number of aromatic nitrogens is 3. The molecule has 3 aromatic rings. The Morgan fingerprint density at radius 3 is 2.44 bits per heavy atom. The van der Waals surface area contributed by atoms with Gasteiger partial charge < -0.3 is 4.74 Å². The van der Waals surface area contributed by atoms with Gasteiger partial charge in [-0.3, -0.25) is 14.7 Å². The molecule has 0 unspecified atom stereocenters. The highest BCUT2D eigenvalue weighted by Gasteiger charge is 2.23. The van der Waals surface area contributed by atoms with E-state index in [0.29, 0.717) is 22.4 Å². The van der Waals surface area contributed by atoms with E-state index < -0.39 is 5.25 Å². The van der Waals surface area contributed by atoms with E-state index >= 15 is 0 Å². The largest absolute Gasteiger partial charge is 0.497 e. The molecule has 0 aliphatic heterocycles. The van der Waals surface area contributed by atoms with Crippen LogP contribution in [-0.4, -0.2) is 33.3 Å². The number of hydrogen-bond acceptors (Lipinski definition) is 6. The Morgan fingerprint density at radius 2 is 1.85 bits per heavy atom. The standard InChI is InChI=1S/C18H17FN4O3S/c1-12-20-21-18(23(12)15-7-5-14(19)6-8-15)27-17(11-22(24)25)13-3-9-16(26-2)10-4-13/h3-10,17H,11H2,1-2H3/t17-/m0/s1. The Bertz CT molecular complexity index is 929. The van der Waals surface area contributed by atoms with Gasteiger partial charge in [0.05, 0.1) is 7.11 Å². The van der Waals surface area contributed by atoms with Crippen molar-refractivity contribution in [3.8, 4) is 11.4 Å². The van der Waals surface area contributed by atoms with Gasteiger partial charge in [0.15, 0.2) is 5.16 Å².